The molecule has 0 atom stereocenters. The molecule has 1 rings (SSSR count). The van der Waals surface area contributed by atoms with Gasteiger partial charge in [-0.15, -0.1) is 0 Å². The SMILES string of the molecule is O=C(O)/C=C/c1cc(I)cc(C(F)(F)F)c1C(F)(F)F. The fourth-order valence-electron chi connectivity index (χ4n) is 1.46. The van der Waals surface area contributed by atoms with E-state index in [0.717, 1.165) is 6.07 Å². The summed E-state index contributed by atoms with van der Waals surface area (Å²) in [4.78, 5) is 10.3. The lowest BCUT2D eigenvalue weighted by molar-refractivity contribution is -0.162. The molecule has 0 saturated heterocycles. The second-order valence-electron chi connectivity index (χ2n) is 3.58. The Hall–Kier alpha value is -1.26. The molecule has 0 aliphatic heterocycles. The fourth-order valence-corrected chi connectivity index (χ4v) is 2.11. The Balaban J connectivity index is 3.66. The van der Waals surface area contributed by atoms with E-state index in [0.29, 0.717) is 18.2 Å². The maximum atomic E-state index is 12.8. The number of carboxylic acid groups (broad SMARTS) is 1. The van der Waals surface area contributed by atoms with Crippen LogP contribution in [-0.4, -0.2) is 11.1 Å². The molecule has 0 amide bonds. The van der Waals surface area contributed by atoms with E-state index >= 15 is 0 Å². The highest BCUT2D eigenvalue weighted by Gasteiger charge is 2.44. The molecule has 1 aromatic carbocycles. The molecule has 0 fully saturated rings. The topological polar surface area (TPSA) is 37.3 Å². The minimum atomic E-state index is -5.26. The average molecular weight is 410 g/mol. The van der Waals surface area contributed by atoms with Gasteiger partial charge < -0.3 is 5.11 Å². The predicted octanol–water partition coefficient (Wildman–Crippen LogP) is 4.43. The third-order valence-electron chi connectivity index (χ3n) is 2.13. The highest BCUT2D eigenvalue weighted by Crippen LogP contribution is 2.43. The van der Waals surface area contributed by atoms with Crippen molar-refractivity contribution in [3.05, 3.63) is 38.5 Å². The molecule has 0 aliphatic carbocycles. The number of aliphatic carboxylic acids is 1. The lowest BCUT2D eigenvalue weighted by atomic mass is 9.99. The van der Waals surface area contributed by atoms with Crippen LogP contribution in [0.1, 0.15) is 16.7 Å². The van der Waals surface area contributed by atoms with E-state index in [1.54, 1.807) is 0 Å². The Morgan fingerprint density at radius 1 is 1.10 bits per heavy atom. The van der Waals surface area contributed by atoms with E-state index in [2.05, 4.69) is 0 Å². The standard InChI is InChI=1S/C11H5F6IO2/c12-10(13,14)7-4-6(18)3-5(1-2-8(19)20)9(7)11(15,16)17/h1-4H,(H,19,20)/b2-1+. The Labute approximate surface area is 122 Å². The van der Waals surface area contributed by atoms with Crippen LogP contribution in [0.25, 0.3) is 6.08 Å². The third-order valence-corrected chi connectivity index (χ3v) is 2.75. The molecule has 0 saturated carbocycles. The third kappa shape index (κ3) is 4.12. The van der Waals surface area contributed by atoms with E-state index in [1.807, 2.05) is 0 Å². The zero-order chi connectivity index (χ0) is 15.7. The Morgan fingerprint density at radius 2 is 1.65 bits per heavy atom. The van der Waals surface area contributed by atoms with Gasteiger partial charge in [0.05, 0.1) is 11.1 Å². The lowest BCUT2D eigenvalue weighted by Crippen LogP contribution is -2.18. The number of carbonyl (C=O) groups is 1. The molecular formula is C11H5F6IO2. The van der Waals surface area contributed by atoms with Gasteiger partial charge >= 0.3 is 18.3 Å². The summed E-state index contributed by atoms with van der Waals surface area (Å²) in [6.45, 7) is 0. The number of alkyl halides is 6. The molecule has 2 nitrogen and oxygen atoms in total. The highest BCUT2D eigenvalue weighted by atomic mass is 127. The van der Waals surface area contributed by atoms with Crippen molar-refractivity contribution in [2.24, 2.45) is 0 Å². The van der Waals surface area contributed by atoms with E-state index < -0.39 is 35.0 Å². The van der Waals surface area contributed by atoms with Crippen LogP contribution in [0, 0.1) is 3.57 Å². The van der Waals surface area contributed by atoms with E-state index in [-0.39, 0.29) is 3.57 Å². The van der Waals surface area contributed by atoms with Crippen LogP contribution in [0.4, 0.5) is 26.3 Å². The van der Waals surface area contributed by atoms with Crippen molar-refractivity contribution in [1.29, 1.82) is 0 Å². The first-order valence-electron chi connectivity index (χ1n) is 4.82. The molecule has 0 unspecified atom stereocenters. The minimum Gasteiger partial charge on any atom is -0.478 e. The Bertz CT molecular complexity index is 559. The first-order chi connectivity index (χ1) is 8.93. The fraction of sp³-hybridized carbons (Fsp3) is 0.182. The van der Waals surface area contributed by atoms with Crippen molar-refractivity contribution >= 4 is 34.6 Å². The number of benzene rings is 1. The van der Waals surface area contributed by atoms with Crippen LogP contribution in [-0.2, 0) is 17.1 Å². The molecule has 0 heterocycles. The number of hydrogen-bond donors (Lipinski definition) is 1. The maximum Gasteiger partial charge on any atom is 0.417 e. The number of rotatable bonds is 2. The summed E-state index contributed by atoms with van der Waals surface area (Å²) < 4.78 is 76.4. The molecule has 0 aliphatic rings. The van der Waals surface area contributed by atoms with Crippen molar-refractivity contribution in [1.82, 2.24) is 0 Å². The van der Waals surface area contributed by atoms with Crippen molar-refractivity contribution < 1.29 is 36.2 Å². The van der Waals surface area contributed by atoms with Gasteiger partial charge in [0, 0.05) is 9.65 Å². The summed E-state index contributed by atoms with van der Waals surface area (Å²) in [5, 5.41) is 8.37. The lowest BCUT2D eigenvalue weighted by Gasteiger charge is -2.18. The van der Waals surface area contributed by atoms with Gasteiger partial charge in [0.15, 0.2) is 0 Å². The number of hydrogen-bond acceptors (Lipinski definition) is 1. The van der Waals surface area contributed by atoms with E-state index in [1.165, 1.54) is 22.6 Å². The molecule has 0 aromatic heterocycles. The maximum absolute atomic E-state index is 12.8. The molecule has 0 bridgehead atoms. The second kappa shape index (κ2) is 5.62. The molecule has 0 spiro atoms. The van der Waals surface area contributed by atoms with Crippen molar-refractivity contribution in [3.8, 4) is 0 Å². The van der Waals surface area contributed by atoms with Gasteiger partial charge in [0.25, 0.3) is 0 Å². The van der Waals surface area contributed by atoms with Crippen molar-refractivity contribution in [2.75, 3.05) is 0 Å². The molecule has 9 heteroatoms. The van der Waals surface area contributed by atoms with Crippen LogP contribution >= 0.6 is 22.6 Å². The second-order valence-corrected chi connectivity index (χ2v) is 4.83. The summed E-state index contributed by atoms with van der Waals surface area (Å²) in [7, 11) is 0. The number of halogens is 7. The minimum absolute atomic E-state index is 0.0898. The van der Waals surface area contributed by atoms with Gasteiger partial charge in [-0.25, -0.2) is 4.79 Å². The van der Waals surface area contributed by atoms with Gasteiger partial charge in [-0.1, -0.05) is 0 Å². The number of carboxylic acids is 1. The Kier molecular flexibility index (Phi) is 4.72. The van der Waals surface area contributed by atoms with Crippen LogP contribution < -0.4 is 0 Å². The largest absolute Gasteiger partial charge is 0.478 e. The molecule has 0 radical (unpaired) electrons. The van der Waals surface area contributed by atoms with E-state index in [9.17, 15) is 31.1 Å². The van der Waals surface area contributed by atoms with Crippen LogP contribution in [0.2, 0.25) is 0 Å². The molecular weight excluding hydrogens is 405 g/mol. The zero-order valence-corrected chi connectivity index (χ0v) is 11.5. The summed E-state index contributed by atoms with van der Waals surface area (Å²) in [5.74, 6) is -1.56. The molecule has 1 N–H and O–H groups in total. The van der Waals surface area contributed by atoms with Gasteiger partial charge in [-0.2, -0.15) is 26.3 Å². The monoisotopic (exact) mass is 410 g/mol. The summed E-state index contributed by atoms with van der Waals surface area (Å²) in [5.41, 5.74) is -4.59. The summed E-state index contributed by atoms with van der Waals surface area (Å²) >= 11 is 1.42. The first-order valence-corrected chi connectivity index (χ1v) is 5.89. The van der Waals surface area contributed by atoms with Gasteiger partial charge in [-0.3, -0.25) is 0 Å². The van der Waals surface area contributed by atoms with Crippen LogP contribution in [0.5, 0.6) is 0 Å². The molecule has 20 heavy (non-hydrogen) atoms. The summed E-state index contributed by atoms with van der Waals surface area (Å²) in [6, 6.07) is 1.19. The smallest absolute Gasteiger partial charge is 0.417 e. The summed E-state index contributed by atoms with van der Waals surface area (Å²) in [6.07, 6.45) is -9.62. The van der Waals surface area contributed by atoms with Gasteiger partial charge in [0.2, 0.25) is 0 Å². The van der Waals surface area contributed by atoms with Crippen molar-refractivity contribution in [2.45, 2.75) is 12.4 Å². The van der Waals surface area contributed by atoms with Crippen molar-refractivity contribution in [3.63, 3.8) is 0 Å². The normalized spacial score (nSPS) is 12.9. The molecule has 110 valence electrons. The Morgan fingerprint density at radius 3 is 2.05 bits per heavy atom. The quantitative estimate of drug-likeness (QED) is 0.445. The zero-order valence-electron chi connectivity index (χ0n) is 9.31. The van der Waals surface area contributed by atoms with E-state index in [4.69, 9.17) is 5.11 Å². The first kappa shape index (κ1) is 16.8. The average Bonchev–Trinajstić information content (AvgIpc) is 2.22. The van der Waals surface area contributed by atoms with Crippen LogP contribution in [0.3, 0.4) is 0 Å². The van der Waals surface area contributed by atoms with Gasteiger partial charge in [-0.05, 0) is 46.4 Å². The van der Waals surface area contributed by atoms with Gasteiger partial charge in [0.1, 0.15) is 0 Å². The van der Waals surface area contributed by atoms with Crippen LogP contribution in [0.15, 0.2) is 18.2 Å². The highest BCUT2D eigenvalue weighted by molar-refractivity contribution is 14.1. The molecule has 1 aromatic rings. The predicted molar refractivity (Wildman–Crippen MR) is 65.8 cm³/mol.